The maximum absolute atomic E-state index is 13.9. The summed E-state index contributed by atoms with van der Waals surface area (Å²) in [5.41, 5.74) is 2.19. The molecule has 1 aromatic heterocycles. The van der Waals surface area contributed by atoms with Gasteiger partial charge in [-0.15, -0.1) is 11.3 Å². The molecule has 1 nitrogen and oxygen atoms in total. The van der Waals surface area contributed by atoms with E-state index in [0.717, 1.165) is 20.9 Å². The summed E-state index contributed by atoms with van der Waals surface area (Å²) >= 11 is 1.54. The molecule has 1 heterocycles. The van der Waals surface area contributed by atoms with Crippen LogP contribution in [0.4, 0.5) is 0 Å². The Morgan fingerprint density at radius 3 is 1.57 bits per heavy atom. The van der Waals surface area contributed by atoms with Gasteiger partial charge in [0, 0.05) is 4.88 Å². The molecule has 0 bridgehead atoms. The molecule has 0 radical (unpaired) electrons. The summed E-state index contributed by atoms with van der Waals surface area (Å²) in [4.78, 5) is 15.7. The van der Waals surface area contributed by atoms with Crippen molar-refractivity contribution >= 4 is 51.8 Å². The van der Waals surface area contributed by atoms with Crippen LogP contribution in [0.5, 0.6) is 0 Å². The predicted octanol–water partition coefficient (Wildman–Crippen LogP) is 7.04. The van der Waals surface area contributed by atoms with Gasteiger partial charge < -0.3 is 0 Å². The van der Waals surface area contributed by atoms with Crippen molar-refractivity contribution in [3.63, 3.8) is 0 Å². The van der Waals surface area contributed by atoms with Gasteiger partial charge in [0.05, 0.1) is 4.88 Å². The van der Waals surface area contributed by atoms with E-state index in [2.05, 4.69) is 91.5 Å². The summed E-state index contributed by atoms with van der Waals surface area (Å²) in [6.45, 7) is 1.50. The first-order chi connectivity index (χ1) is 17.2. The van der Waals surface area contributed by atoms with Gasteiger partial charge in [-0.2, -0.15) is 0 Å². The fraction of sp³-hybridized carbons (Fsp3) is 0. The number of carbonyl (C=O) groups excluding carboxylic acids is 1. The molecule has 35 heavy (non-hydrogen) atoms. The minimum absolute atomic E-state index is 0.0638. The van der Waals surface area contributed by atoms with Crippen LogP contribution in [0.25, 0.3) is 16.5 Å². The van der Waals surface area contributed by atoms with Gasteiger partial charge in [0.2, 0.25) is 0 Å². The quantitative estimate of drug-likeness (QED) is 0.177. The summed E-state index contributed by atoms with van der Waals surface area (Å²) in [6, 6.07) is 43.6. The summed E-state index contributed by atoms with van der Waals surface area (Å²) in [7, 11) is 0. The van der Waals surface area contributed by atoms with Crippen molar-refractivity contribution in [3.05, 3.63) is 144 Å². The van der Waals surface area contributed by atoms with Gasteiger partial charge in [-0.1, -0.05) is 128 Å². The zero-order valence-corrected chi connectivity index (χ0v) is 21.0. The first-order valence-electron chi connectivity index (χ1n) is 11.5. The van der Waals surface area contributed by atoms with Crippen molar-refractivity contribution in [1.82, 2.24) is 0 Å². The van der Waals surface area contributed by atoms with E-state index < -0.39 is 6.89 Å². The molecule has 5 rings (SSSR count). The Kier molecular flexibility index (Phi) is 6.77. The molecule has 0 fully saturated rings. The Bertz CT molecular complexity index is 1400. The van der Waals surface area contributed by atoms with E-state index in [0.29, 0.717) is 0 Å². The molecule has 0 atom stereocenters. The Labute approximate surface area is 211 Å². The fourth-order valence-electron chi connectivity index (χ4n) is 4.31. The summed E-state index contributed by atoms with van der Waals surface area (Å²) in [5, 5.41) is 3.51. The number of ketones is 1. The van der Waals surface area contributed by atoms with E-state index in [1.165, 1.54) is 15.9 Å². The van der Waals surface area contributed by atoms with Gasteiger partial charge in [-0.25, -0.2) is 0 Å². The molecule has 0 unspecified atom stereocenters. The van der Waals surface area contributed by atoms with E-state index in [1.807, 2.05) is 54.3 Å². The van der Waals surface area contributed by atoms with Crippen LogP contribution in [0, 0.1) is 0 Å². The lowest BCUT2D eigenvalue weighted by atomic mass is 10.1. The highest BCUT2D eigenvalue weighted by Crippen LogP contribution is 2.44. The van der Waals surface area contributed by atoms with E-state index in [-0.39, 0.29) is 5.78 Å². The second-order valence-corrected chi connectivity index (χ2v) is 12.5. The van der Waals surface area contributed by atoms with Gasteiger partial charge in [0.1, 0.15) is 0 Å². The highest BCUT2D eigenvalue weighted by atomic mass is 32.1. The topological polar surface area (TPSA) is 17.1 Å². The van der Waals surface area contributed by atoms with E-state index >= 15 is 0 Å². The van der Waals surface area contributed by atoms with Crippen molar-refractivity contribution < 1.29 is 4.79 Å². The minimum atomic E-state index is -2.33. The average molecular weight is 489 g/mol. The minimum Gasteiger partial charge on any atom is -0.288 e. The summed E-state index contributed by atoms with van der Waals surface area (Å²) < 4.78 is 0. The highest BCUT2D eigenvalue weighted by molar-refractivity contribution is 7.95. The SMILES string of the molecule is C=Cc1ccc(-c2ccc(C(=O)C=P(c3ccccc3)(c3ccccc3)c3ccccc3)s2)cc1. The molecule has 0 aliphatic carbocycles. The number of carbonyl (C=O) groups is 1. The maximum atomic E-state index is 13.9. The molecule has 0 saturated carbocycles. The van der Waals surface area contributed by atoms with Crippen LogP contribution >= 0.6 is 18.2 Å². The van der Waals surface area contributed by atoms with Crippen LogP contribution < -0.4 is 15.9 Å². The van der Waals surface area contributed by atoms with Crippen molar-refractivity contribution in [2.24, 2.45) is 0 Å². The fourth-order valence-corrected chi connectivity index (χ4v) is 9.08. The smallest absolute Gasteiger partial charge is 0.196 e. The largest absolute Gasteiger partial charge is 0.288 e. The molecule has 0 spiro atoms. The van der Waals surface area contributed by atoms with Crippen molar-refractivity contribution in [1.29, 1.82) is 0 Å². The van der Waals surface area contributed by atoms with Gasteiger partial charge in [-0.05, 0) is 51.9 Å². The number of thiophene rings is 1. The molecule has 4 aromatic carbocycles. The molecule has 170 valence electrons. The van der Waals surface area contributed by atoms with E-state index in [4.69, 9.17) is 0 Å². The Hall–Kier alpha value is -3.71. The van der Waals surface area contributed by atoms with Crippen molar-refractivity contribution in [3.8, 4) is 10.4 Å². The average Bonchev–Trinajstić information content (AvgIpc) is 3.44. The zero-order chi connectivity index (χ0) is 24.1. The summed E-state index contributed by atoms with van der Waals surface area (Å²) in [5.74, 6) is 2.07. The first-order valence-corrected chi connectivity index (χ1v) is 14.2. The molecular weight excluding hydrogens is 463 g/mol. The van der Waals surface area contributed by atoms with Crippen LogP contribution in [-0.2, 0) is 0 Å². The summed E-state index contributed by atoms with van der Waals surface area (Å²) in [6.07, 6.45) is 1.84. The second-order valence-electron chi connectivity index (χ2n) is 8.21. The van der Waals surface area contributed by atoms with Crippen molar-refractivity contribution in [2.45, 2.75) is 0 Å². The lowest BCUT2D eigenvalue weighted by Gasteiger charge is -2.28. The van der Waals surface area contributed by atoms with Crippen LogP contribution in [0.1, 0.15) is 15.2 Å². The Morgan fingerprint density at radius 2 is 1.11 bits per heavy atom. The predicted molar refractivity (Wildman–Crippen MR) is 155 cm³/mol. The molecular formula is C32H25OPS. The molecule has 3 heteroatoms. The third-order valence-electron chi connectivity index (χ3n) is 6.08. The molecule has 0 amide bonds. The lowest BCUT2D eigenvalue weighted by Crippen LogP contribution is -2.28. The van der Waals surface area contributed by atoms with Crippen LogP contribution in [0.15, 0.2) is 134 Å². The van der Waals surface area contributed by atoms with Gasteiger partial charge in [0.25, 0.3) is 0 Å². The zero-order valence-electron chi connectivity index (χ0n) is 19.2. The first kappa shape index (κ1) is 23.1. The van der Waals surface area contributed by atoms with Crippen LogP contribution in [-0.4, -0.2) is 11.6 Å². The second kappa shape index (κ2) is 10.3. The third kappa shape index (κ3) is 4.64. The van der Waals surface area contributed by atoms with Crippen LogP contribution in [0.3, 0.4) is 0 Å². The van der Waals surface area contributed by atoms with Crippen LogP contribution in [0.2, 0.25) is 0 Å². The molecule has 0 aliphatic rings. The van der Waals surface area contributed by atoms with Gasteiger partial charge in [-0.3, -0.25) is 4.79 Å². The maximum Gasteiger partial charge on any atom is 0.196 e. The van der Waals surface area contributed by atoms with Gasteiger partial charge >= 0.3 is 0 Å². The normalized spacial score (nSPS) is 11.1. The monoisotopic (exact) mass is 488 g/mol. The Morgan fingerprint density at radius 1 is 0.629 bits per heavy atom. The number of hydrogen-bond donors (Lipinski definition) is 0. The third-order valence-corrected chi connectivity index (χ3v) is 11.2. The van der Waals surface area contributed by atoms with Gasteiger partial charge in [0.15, 0.2) is 5.78 Å². The molecule has 5 aromatic rings. The number of Topliss-reactive ketones (excluding diaryl/α,β-unsaturated/α-hetero) is 1. The molecule has 0 aliphatic heterocycles. The molecule has 0 saturated heterocycles. The van der Waals surface area contributed by atoms with Crippen molar-refractivity contribution in [2.75, 3.05) is 0 Å². The molecule has 0 N–H and O–H groups in total. The highest BCUT2D eigenvalue weighted by Gasteiger charge is 2.27. The van der Waals surface area contributed by atoms with E-state index in [1.54, 1.807) is 11.3 Å². The number of rotatable bonds is 7. The standard InChI is InChI=1S/C32H25OPS/c1-2-25-18-20-26(21-19-25)31-22-23-32(35-31)30(33)24-34(27-12-6-3-7-13-27,28-14-8-4-9-15-28)29-16-10-5-11-17-29/h2-24H,1H2. The number of benzene rings is 4. The number of hydrogen-bond acceptors (Lipinski definition) is 2. The lowest BCUT2D eigenvalue weighted by molar-refractivity contribution is 0.107. The Balaban J connectivity index is 1.68. The van der Waals surface area contributed by atoms with E-state index in [9.17, 15) is 4.79 Å².